The standard InChI is InChI=1S/C34H45F2N5O3S/c1-23-7-4-3-5-14-41-32-30(20-29(33(41)42)25-12-17-45(43,44)18-13-25)31(37-22-38-32)39-24(2)26-8-6-9-28(19-26)34(35,36)27-10-15-40(21-23)16-11-27/h6,8-9,19-20,22-25,27H,3-5,7,10-18,21H2,1-2H3,(H,37,38,39)/t23-,24+/m0/s1. The van der Waals surface area contributed by atoms with E-state index in [1.807, 2.05) is 19.1 Å². The minimum atomic E-state index is -3.09. The molecule has 8 nitrogen and oxygen atoms in total. The number of alkyl halides is 2. The number of nitrogens with zero attached hydrogens (tertiary/aromatic N) is 4. The minimum absolute atomic E-state index is 0.0438. The van der Waals surface area contributed by atoms with E-state index in [4.69, 9.17) is 0 Å². The number of aromatic nitrogens is 3. The predicted molar refractivity (Wildman–Crippen MR) is 174 cm³/mol. The van der Waals surface area contributed by atoms with Gasteiger partial charge in [0.15, 0.2) is 0 Å². The van der Waals surface area contributed by atoms with Crippen LogP contribution in [-0.2, 0) is 22.3 Å². The summed E-state index contributed by atoms with van der Waals surface area (Å²) in [7, 11) is -3.09. The monoisotopic (exact) mass is 641 g/mol. The summed E-state index contributed by atoms with van der Waals surface area (Å²) in [6, 6.07) is 8.19. The van der Waals surface area contributed by atoms with Gasteiger partial charge in [-0.25, -0.2) is 27.2 Å². The molecule has 0 amide bonds. The number of rotatable bonds is 1. The summed E-state index contributed by atoms with van der Waals surface area (Å²) in [6.45, 7) is 6.97. The van der Waals surface area contributed by atoms with Gasteiger partial charge in [0, 0.05) is 36.2 Å². The lowest BCUT2D eigenvalue weighted by Crippen LogP contribution is -2.41. The minimum Gasteiger partial charge on any atom is -0.363 e. The van der Waals surface area contributed by atoms with Crippen LogP contribution in [0.3, 0.4) is 0 Å². The number of benzene rings is 1. The van der Waals surface area contributed by atoms with E-state index in [2.05, 4.69) is 27.1 Å². The Morgan fingerprint density at radius 3 is 2.44 bits per heavy atom. The molecule has 2 saturated heterocycles. The number of halogens is 2. The molecule has 11 heteroatoms. The molecular weight excluding hydrogens is 596 g/mol. The highest BCUT2D eigenvalue weighted by Gasteiger charge is 2.43. The molecule has 2 aromatic heterocycles. The SMILES string of the molecule is C[C@H]1CCCCCn2c(=O)c(C3CCS(=O)(=O)CC3)cc3c(ncnc32)N[C@H](C)c2cccc(c2)C(F)(F)C2CCN(CC2)C1. The van der Waals surface area contributed by atoms with E-state index in [0.29, 0.717) is 73.7 Å². The molecule has 0 unspecified atom stereocenters. The first-order chi connectivity index (χ1) is 21.5. The van der Waals surface area contributed by atoms with Crippen LogP contribution in [0, 0.1) is 11.8 Å². The van der Waals surface area contributed by atoms with E-state index in [9.17, 15) is 13.2 Å². The van der Waals surface area contributed by atoms with Crippen molar-refractivity contribution in [3.63, 3.8) is 0 Å². The topological polar surface area (TPSA) is 97.2 Å². The molecule has 2 fully saturated rings. The van der Waals surface area contributed by atoms with Crippen LogP contribution < -0.4 is 10.9 Å². The van der Waals surface area contributed by atoms with Gasteiger partial charge in [0.1, 0.15) is 27.6 Å². The van der Waals surface area contributed by atoms with Crippen LogP contribution in [0.1, 0.15) is 93.9 Å². The largest absolute Gasteiger partial charge is 0.363 e. The van der Waals surface area contributed by atoms with Crippen LogP contribution in [0.15, 0.2) is 41.5 Å². The lowest BCUT2D eigenvalue weighted by Gasteiger charge is -2.37. The summed E-state index contributed by atoms with van der Waals surface area (Å²) in [4.78, 5) is 25.4. The molecule has 45 heavy (non-hydrogen) atoms. The van der Waals surface area contributed by atoms with E-state index < -0.39 is 21.7 Å². The van der Waals surface area contributed by atoms with E-state index >= 15 is 8.78 Å². The fourth-order valence-corrected chi connectivity index (χ4v) is 9.00. The highest BCUT2D eigenvalue weighted by Crippen LogP contribution is 2.42. The van der Waals surface area contributed by atoms with Gasteiger partial charge in [-0.05, 0) is 88.1 Å². The molecule has 0 radical (unpaired) electrons. The summed E-state index contributed by atoms with van der Waals surface area (Å²) in [5.74, 6) is -2.65. The number of sulfone groups is 1. The summed E-state index contributed by atoms with van der Waals surface area (Å²) in [5.41, 5.74) is 1.78. The van der Waals surface area contributed by atoms with Gasteiger partial charge in [0.05, 0.1) is 16.9 Å². The summed E-state index contributed by atoms with van der Waals surface area (Å²) in [5, 5.41) is 4.11. The van der Waals surface area contributed by atoms with Gasteiger partial charge in [-0.1, -0.05) is 38.0 Å². The van der Waals surface area contributed by atoms with Crippen molar-refractivity contribution < 1.29 is 17.2 Å². The number of piperidine rings is 1. The molecule has 0 aliphatic carbocycles. The Bertz CT molecular complexity index is 1670. The first kappa shape index (κ1) is 32.0. The molecule has 6 heterocycles. The maximum Gasteiger partial charge on any atom is 0.276 e. The van der Waals surface area contributed by atoms with Gasteiger partial charge in [-0.3, -0.25) is 9.36 Å². The first-order valence-corrected chi connectivity index (χ1v) is 18.4. The molecule has 7 rings (SSSR count). The number of hydrogen-bond acceptors (Lipinski definition) is 7. The molecule has 2 atom stereocenters. The van der Waals surface area contributed by atoms with E-state index in [1.54, 1.807) is 16.7 Å². The zero-order valence-electron chi connectivity index (χ0n) is 26.4. The van der Waals surface area contributed by atoms with Gasteiger partial charge < -0.3 is 10.2 Å². The number of hydrogen-bond donors (Lipinski definition) is 1. The number of nitrogens with one attached hydrogen (secondary N) is 1. The Labute approximate surface area is 264 Å². The second kappa shape index (κ2) is 13.1. The van der Waals surface area contributed by atoms with Gasteiger partial charge in [-0.2, -0.15) is 0 Å². The van der Waals surface area contributed by atoms with Gasteiger partial charge in [-0.15, -0.1) is 0 Å². The lowest BCUT2D eigenvalue weighted by molar-refractivity contribution is -0.0862. The van der Waals surface area contributed by atoms with Crippen LogP contribution in [-0.4, -0.2) is 59.0 Å². The maximum absolute atomic E-state index is 15.9. The number of pyridine rings is 1. The Morgan fingerprint density at radius 2 is 1.69 bits per heavy atom. The smallest absolute Gasteiger partial charge is 0.276 e. The van der Waals surface area contributed by atoms with Crippen molar-refractivity contribution in [2.75, 3.05) is 36.5 Å². The molecular formula is C34H45F2N5O3S. The van der Waals surface area contributed by atoms with Gasteiger partial charge >= 0.3 is 0 Å². The Hall–Kier alpha value is -2.92. The molecule has 8 bridgehead atoms. The predicted octanol–water partition coefficient (Wildman–Crippen LogP) is 6.27. The average molecular weight is 642 g/mol. The second-order valence-electron chi connectivity index (χ2n) is 13.6. The summed E-state index contributed by atoms with van der Waals surface area (Å²) < 4.78 is 57.9. The van der Waals surface area contributed by atoms with Crippen molar-refractivity contribution in [1.82, 2.24) is 19.4 Å². The first-order valence-electron chi connectivity index (χ1n) is 16.6. The third kappa shape index (κ3) is 6.94. The van der Waals surface area contributed by atoms with Crippen LogP contribution in [0.25, 0.3) is 11.0 Å². The molecule has 3 aromatic rings. The van der Waals surface area contributed by atoms with Gasteiger partial charge in [0.25, 0.3) is 11.5 Å². The molecule has 244 valence electrons. The Morgan fingerprint density at radius 1 is 0.933 bits per heavy atom. The summed E-state index contributed by atoms with van der Waals surface area (Å²) in [6.07, 6.45) is 7.07. The van der Waals surface area contributed by atoms with Crippen LogP contribution in [0.4, 0.5) is 14.6 Å². The van der Waals surface area contributed by atoms with Crippen molar-refractivity contribution in [3.8, 4) is 0 Å². The van der Waals surface area contributed by atoms with Crippen molar-refractivity contribution in [1.29, 1.82) is 0 Å². The number of fused-ring (bicyclic) bond motifs is 9. The third-order valence-electron chi connectivity index (χ3n) is 10.3. The fraction of sp³-hybridized carbons (Fsp3) is 0.618. The van der Waals surface area contributed by atoms with E-state index in [1.165, 1.54) is 12.4 Å². The normalized spacial score (nSPS) is 27.9. The van der Waals surface area contributed by atoms with E-state index in [0.717, 1.165) is 37.8 Å². The second-order valence-corrected chi connectivity index (χ2v) is 15.9. The highest BCUT2D eigenvalue weighted by atomic mass is 32.2. The molecule has 4 aliphatic heterocycles. The highest BCUT2D eigenvalue weighted by molar-refractivity contribution is 7.91. The average Bonchev–Trinajstić information content (AvgIpc) is 3.02. The molecule has 1 aromatic carbocycles. The number of aryl methyl sites for hydroxylation is 1. The quantitative estimate of drug-likeness (QED) is 0.335. The Kier molecular flexibility index (Phi) is 9.30. The molecule has 0 saturated carbocycles. The van der Waals surface area contributed by atoms with Crippen molar-refractivity contribution in [3.05, 3.63) is 63.7 Å². The maximum atomic E-state index is 15.9. The van der Waals surface area contributed by atoms with Crippen molar-refractivity contribution >= 4 is 26.7 Å². The fourth-order valence-electron chi connectivity index (χ4n) is 7.51. The molecule has 4 aliphatic rings. The Balaban J connectivity index is 1.39. The summed E-state index contributed by atoms with van der Waals surface area (Å²) >= 11 is 0. The van der Waals surface area contributed by atoms with E-state index in [-0.39, 0.29) is 34.6 Å². The van der Waals surface area contributed by atoms with Gasteiger partial charge in [0.2, 0.25) is 0 Å². The molecule has 1 N–H and O–H groups in total. The van der Waals surface area contributed by atoms with Crippen molar-refractivity contribution in [2.24, 2.45) is 11.8 Å². The van der Waals surface area contributed by atoms with Crippen LogP contribution in [0.5, 0.6) is 0 Å². The zero-order valence-corrected chi connectivity index (χ0v) is 27.2. The lowest BCUT2D eigenvalue weighted by atomic mass is 9.85. The zero-order chi connectivity index (χ0) is 31.8. The van der Waals surface area contributed by atoms with Crippen LogP contribution >= 0.6 is 0 Å². The number of anilines is 1. The third-order valence-corrected chi connectivity index (χ3v) is 12.0. The van der Waals surface area contributed by atoms with Crippen LogP contribution in [0.2, 0.25) is 0 Å². The van der Waals surface area contributed by atoms with Crippen molar-refractivity contribution in [2.45, 2.75) is 89.6 Å². The molecule has 0 spiro atoms.